The molecule has 1 atom stereocenters. The van der Waals surface area contributed by atoms with Crippen LogP contribution in [0, 0.1) is 5.41 Å². The van der Waals surface area contributed by atoms with Crippen LogP contribution >= 0.6 is 11.3 Å². The number of imidazole rings is 1. The summed E-state index contributed by atoms with van der Waals surface area (Å²) in [6.45, 7) is 10.4. The second kappa shape index (κ2) is 5.67. The number of rotatable bonds is 7. The Kier molecular flexibility index (Phi) is 4.19. The van der Waals surface area contributed by atoms with Crippen molar-refractivity contribution in [1.82, 2.24) is 14.7 Å². The van der Waals surface area contributed by atoms with Gasteiger partial charge in [0.1, 0.15) is 0 Å². The van der Waals surface area contributed by atoms with Gasteiger partial charge in [-0.05, 0) is 13.0 Å². The highest BCUT2D eigenvalue weighted by atomic mass is 32.1. The maximum absolute atomic E-state index is 4.64. The van der Waals surface area contributed by atoms with Crippen molar-refractivity contribution >= 4 is 16.3 Å². The molecule has 2 rings (SSSR count). The van der Waals surface area contributed by atoms with Gasteiger partial charge in [-0.15, -0.1) is 17.9 Å². The number of nitrogens with zero attached hydrogens (tertiary/aromatic N) is 2. The number of hydrogen-bond donors (Lipinski definition) is 1. The van der Waals surface area contributed by atoms with Gasteiger partial charge >= 0.3 is 0 Å². The Morgan fingerprint density at radius 1 is 1.61 bits per heavy atom. The minimum absolute atomic E-state index is 0.0687. The molecule has 0 amide bonds. The number of thiazole rings is 1. The average molecular weight is 263 g/mol. The fourth-order valence-corrected chi connectivity index (χ4v) is 2.75. The van der Waals surface area contributed by atoms with Gasteiger partial charge in [0, 0.05) is 36.2 Å². The summed E-state index contributed by atoms with van der Waals surface area (Å²) in [6.07, 6.45) is 8.31. The molecule has 0 bridgehead atoms. The zero-order valence-corrected chi connectivity index (χ0v) is 12.0. The molecule has 0 aromatic carbocycles. The van der Waals surface area contributed by atoms with Gasteiger partial charge in [-0.1, -0.05) is 19.9 Å². The first-order chi connectivity index (χ1) is 8.67. The third-order valence-corrected chi connectivity index (χ3v) is 3.95. The van der Waals surface area contributed by atoms with E-state index >= 15 is 0 Å². The van der Waals surface area contributed by atoms with E-state index in [1.165, 1.54) is 0 Å². The molecule has 2 aromatic rings. The summed E-state index contributed by atoms with van der Waals surface area (Å²) in [5, 5.41) is 5.53. The zero-order chi connectivity index (χ0) is 13.0. The number of aromatic nitrogens is 2. The van der Waals surface area contributed by atoms with Crippen LogP contribution in [-0.4, -0.2) is 22.5 Å². The van der Waals surface area contributed by atoms with Crippen molar-refractivity contribution in [3.63, 3.8) is 0 Å². The molecule has 18 heavy (non-hydrogen) atoms. The molecule has 0 fully saturated rings. The van der Waals surface area contributed by atoms with Crippen molar-refractivity contribution in [2.45, 2.75) is 26.7 Å². The largest absolute Gasteiger partial charge is 0.316 e. The van der Waals surface area contributed by atoms with Gasteiger partial charge < -0.3 is 5.32 Å². The van der Waals surface area contributed by atoms with Crippen molar-refractivity contribution in [2.75, 3.05) is 13.1 Å². The molecule has 2 aromatic heterocycles. The summed E-state index contributed by atoms with van der Waals surface area (Å²) >= 11 is 1.67. The molecule has 0 aliphatic rings. The highest BCUT2D eigenvalue weighted by molar-refractivity contribution is 7.15. The molecule has 0 spiro atoms. The fourth-order valence-electron chi connectivity index (χ4n) is 2.03. The average Bonchev–Trinajstić information content (AvgIpc) is 2.90. The minimum atomic E-state index is 0.0687. The van der Waals surface area contributed by atoms with E-state index in [1.54, 1.807) is 11.3 Å². The highest BCUT2D eigenvalue weighted by Gasteiger charge is 2.22. The summed E-state index contributed by atoms with van der Waals surface area (Å²) in [5.74, 6) is 0. The van der Waals surface area contributed by atoms with Crippen LogP contribution in [0.2, 0.25) is 0 Å². The number of hydrogen-bond acceptors (Lipinski definition) is 3. The van der Waals surface area contributed by atoms with Crippen LogP contribution in [-0.2, 0) is 6.42 Å². The lowest BCUT2D eigenvalue weighted by atomic mass is 9.85. The third-order valence-electron chi connectivity index (χ3n) is 3.18. The van der Waals surface area contributed by atoms with Gasteiger partial charge in [0.15, 0.2) is 4.96 Å². The van der Waals surface area contributed by atoms with Crippen molar-refractivity contribution in [1.29, 1.82) is 0 Å². The van der Waals surface area contributed by atoms with E-state index < -0.39 is 0 Å². The lowest BCUT2D eigenvalue weighted by molar-refractivity contribution is 0.388. The van der Waals surface area contributed by atoms with Gasteiger partial charge in [0.25, 0.3) is 0 Å². The molecular formula is C14H21N3S. The maximum atomic E-state index is 4.64. The Morgan fingerprint density at radius 2 is 2.44 bits per heavy atom. The standard InChI is InChI=1S/C14H21N3S/c1-4-6-15-11-14(3,5-2)9-12-10-17-7-8-18-13(17)16-12/h5,7-8,10,15H,2,4,6,9,11H2,1,3H3. The minimum Gasteiger partial charge on any atom is -0.316 e. The van der Waals surface area contributed by atoms with Crippen LogP contribution in [0.1, 0.15) is 26.0 Å². The van der Waals surface area contributed by atoms with Crippen molar-refractivity contribution in [2.24, 2.45) is 5.41 Å². The van der Waals surface area contributed by atoms with Crippen LogP contribution in [0.15, 0.2) is 30.4 Å². The van der Waals surface area contributed by atoms with Crippen molar-refractivity contribution < 1.29 is 0 Å². The molecule has 0 aliphatic carbocycles. The van der Waals surface area contributed by atoms with Gasteiger partial charge in [-0.3, -0.25) is 4.40 Å². The van der Waals surface area contributed by atoms with E-state index in [0.717, 1.165) is 36.6 Å². The molecule has 98 valence electrons. The molecule has 3 nitrogen and oxygen atoms in total. The van der Waals surface area contributed by atoms with E-state index in [4.69, 9.17) is 0 Å². The molecule has 2 heterocycles. The number of nitrogens with one attached hydrogen (secondary N) is 1. The van der Waals surface area contributed by atoms with E-state index in [1.807, 2.05) is 6.08 Å². The van der Waals surface area contributed by atoms with E-state index in [2.05, 4.69) is 52.9 Å². The summed E-state index contributed by atoms with van der Waals surface area (Å²) in [4.78, 5) is 5.71. The second-order valence-electron chi connectivity index (χ2n) is 5.04. The molecule has 1 N–H and O–H groups in total. The quantitative estimate of drug-likeness (QED) is 0.614. The Hall–Kier alpha value is -1.13. The van der Waals surface area contributed by atoms with E-state index in [9.17, 15) is 0 Å². The van der Waals surface area contributed by atoms with Gasteiger partial charge in [0.05, 0.1) is 5.69 Å². The van der Waals surface area contributed by atoms with Gasteiger partial charge in [-0.2, -0.15) is 0 Å². The molecule has 0 saturated heterocycles. The van der Waals surface area contributed by atoms with Crippen LogP contribution in [0.3, 0.4) is 0 Å². The first-order valence-electron chi connectivity index (χ1n) is 6.42. The van der Waals surface area contributed by atoms with Crippen molar-refractivity contribution in [3.8, 4) is 0 Å². The smallest absolute Gasteiger partial charge is 0.193 e. The second-order valence-corrected chi connectivity index (χ2v) is 5.91. The first kappa shape index (κ1) is 13.3. The molecular weight excluding hydrogens is 242 g/mol. The Morgan fingerprint density at radius 3 is 3.11 bits per heavy atom. The summed E-state index contributed by atoms with van der Waals surface area (Å²) in [5.41, 5.74) is 1.21. The SMILES string of the molecule is C=CC(C)(CNCCC)Cc1cn2ccsc2n1. The van der Waals surface area contributed by atoms with Crippen LogP contribution in [0.25, 0.3) is 4.96 Å². The van der Waals surface area contributed by atoms with Gasteiger partial charge in [0.2, 0.25) is 0 Å². The fraction of sp³-hybridized carbons (Fsp3) is 0.500. The molecule has 0 saturated carbocycles. The summed E-state index contributed by atoms with van der Waals surface area (Å²) < 4.78 is 2.09. The molecule has 0 radical (unpaired) electrons. The molecule has 1 unspecified atom stereocenters. The lowest BCUT2D eigenvalue weighted by Crippen LogP contribution is -2.32. The maximum Gasteiger partial charge on any atom is 0.193 e. The Balaban J connectivity index is 2.04. The molecule has 0 aliphatic heterocycles. The van der Waals surface area contributed by atoms with E-state index in [-0.39, 0.29) is 5.41 Å². The number of fused-ring (bicyclic) bond motifs is 1. The normalized spacial score (nSPS) is 14.8. The first-order valence-corrected chi connectivity index (χ1v) is 7.30. The lowest BCUT2D eigenvalue weighted by Gasteiger charge is -2.25. The Labute approximate surface area is 113 Å². The van der Waals surface area contributed by atoms with Gasteiger partial charge in [-0.25, -0.2) is 4.98 Å². The molecule has 4 heteroatoms. The highest BCUT2D eigenvalue weighted by Crippen LogP contribution is 2.23. The van der Waals surface area contributed by atoms with Crippen LogP contribution < -0.4 is 5.32 Å². The predicted molar refractivity (Wildman–Crippen MR) is 78.2 cm³/mol. The predicted octanol–water partition coefficient (Wildman–Crippen LogP) is 3.13. The van der Waals surface area contributed by atoms with E-state index in [0.29, 0.717) is 0 Å². The third kappa shape index (κ3) is 3.00. The monoisotopic (exact) mass is 263 g/mol. The zero-order valence-electron chi connectivity index (χ0n) is 11.1. The topological polar surface area (TPSA) is 29.3 Å². The van der Waals surface area contributed by atoms with Crippen LogP contribution in [0.4, 0.5) is 0 Å². The van der Waals surface area contributed by atoms with Crippen LogP contribution in [0.5, 0.6) is 0 Å². The summed E-state index contributed by atoms with van der Waals surface area (Å²) in [7, 11) is 0. The summed E-state index contributed by atoms with van der Waals surface area (Å²) in [6, 6.07) is 0. The Bertz CT molecular complexity index is 485. The van der Waals surface area contributed by atoms with Crippen molar-refractivity contribution in [3.05, 3.63) is 36.1 Å².